The van der Waals surface area contributed by atoms with Gasteiger partial charge in [0.15, 0.2) is 0 Å². The smallest absolute Gasteiger partial charge is 0.277 e. The van der Waals surface area contributed by atoms with E-state index in [4.69, 9.17) is 0 Å². The van der Waals surface area contributed by atoms with Crippen LogP contribution in [0.4, 0.5) is 5.69 Å². The molecule has 0 fully saturated rings. The Morgan fingerprint density at radius 2 is 1.66 bits per heavy atom. The number of hydrogen-bond acceptors (Lipinski definition) is 4. The highest BCUT2D eigenvalue weighted by molar-refractivity contribution is 5.56. The molecular formula is C23H25N5O. The van der Waals surface area contributed by atoms with E-state index in [1.807, 2.05) is 13.0 Å². The van der Waals surface area contributed by atoms with Crippen LogP contribution in [0, 0.1) is 27.7 Å². The maximum absolute atomic E-state index is 13.0. The third-order valence-corrected chi connectivity index (χ3v) is 5.26. The predicted octanol–water partition coefficient (Wildman–Crippen LogP) is 3.85. The van der Waals surface area contributed by atoms with Gasteiger partial charge in [0.2, 0.25) is 0 Å². The first-order chi connectivity index (χ1) is 13.9. The molecule has 0 radical (unpaired) electrons. The van der Waals surface area contributed by atoms with Gasteiger partial charge in [0.05, 0.1) is 12.2 Å². The molecular weight excluding hydrogens is 362 g/mol. The van der Waals surface area contributed by atoms with E-state index in [9.17, 15) is 4.79 Å². The van der Waals surface area contributed by atoms with E-state index in [2.05, 4.69) is 77.6 Å². The lowest BCUT2D eigenvalue weighted by Crippen LogP contribution is -2.22. The summed E-state index contributed by atoms with van der Waals surface area (Å²) >= 11 is 0. The summed E-state index contributed by atoms with van der Waals surface area (Å²) in [7, 11) is 0. The third kappa shape index (κ3) is 3.78. The lowest BCUT2D eigenvalue weighted by Gasteiger charge is -2.10. The van der Waals surface area contributed by atoms with Crippen LogP contribution in [-0.4, -0.2) is 19.6 Å². The van der Waals surface area contributed by atoms with Crippen molar-refractivity contribution >= 4 is 11.5 Å². The summed E-state index contributed by atoms with van der Waals surface area (Å²) in [6.07, 6.45) is 0.551. The zero-order chi connectivity index (χ0) is 20.5. The van der Waals surface area contributed by atoms with Crippen molar-refractivity contribution in [1.82, 2.24) is 19.6 Å². The minimum atomic E-state index is -0.0982. The molecule has 6 nitrogen and oxygen atoms in total. The van der Waals surface area contributed by atoms with Gasteiger partial charge in [0, 0.05) is 17.7 Å². The Morgan fingerprint density at radius 3 is 2.34 bits per heavy atom. The number of aryl methyl sites for hydroxylation is 4. The Balaban J connectivity index is 1.63. The molecule has 0 spiro atoms. The molecule has 0 saturated carbocycles. The first-order valence-corrected chi connectivity index (χ1v) is 9.75. The molecule has 0 bridgehead atoms. The van der Waals surface area contributed by atoms with E-state index >= 15 is 0 Å². The van der Waals surface area contributed by atoms with E-state index in [0.29, 0.717) is 30.1 Å². The van der Waals surface area contributed by atoms with Crippen molar-refractivity contribution in [3.05, 3.63) is 92.2 Å². The molecule has 0 aliphatic rings. The van der Waals surface area contributed by atoms with Crippen LogP contribution in [0.5, 0.6) is 0 Å². The second kappa shape index (κ2) is 7.54. The summed E-state index contributed by atoms with van der Waals surface area (Å²) in [6, 6.07) is 14.4. The van der Waals surface area contributed by atoms with Gasteiger partial charge in [-0.05, 0) is 44.4 Å². The van der Waals surface area contributed by atoms with Crippen LogP contribution in [0.3, 0.4) is 0 Å². The largest absolute Gasteiger partial charge is 0.377 e. The molecule has 148 valence electrons. The van der Waals surface area contributed by atoms with Crippen molar-refractivity contribution in [2.75, 3.05) is 5.32 Å². The molecule has 2 aromatic heterocycles. The number of H-pyrrole nitrogens is 1. The van der Waals surface area contributed by atoms with Gasteiger partial charge >= 0.3 is 0 Å². The van der Waals surface area contributed by atoms with E-state index in [-0.39, 0.29) is 5.56 Å². The van der Waals surface area contributed by atoms with Crippen molar-refractivity contribution in [2.45, 2.75) is 40.7 Å². The number of fused-ring (bicyclic) bond motifs is 1. The van der Waals surface area contributed by atoms with Crippen molar-refractivity contribution < 1.29 is 0 Å². The van der Waals surface area contributed by atoms with Crippen LogP contribution in [0.15, 0.2) is 47.3 Å². The topological polar surface area (TPSA) is 75.1 Å². The molecule has 29 heavy (non-hydrogen) atoms. The van der Waals surface area contributed by atoms with Gasteiger partial charge in [0.25, 0.3) is 11.3 Å². The second-order valence-corrected chi connectivity index (χ2v) is 7.57. The van der Waals surface area contributed by atoms with Gasteiger partial charge in [-0.2, -0.15) is 9.50 Å². The third-order valence-electron chi connectivity index (χ3n) is 5.26. The Morgan fingerprint density at radius 1 is 0.966 bits per heavy atom. The van der Waals surface area contributed by atoms with E-state index in [0.717, 1.165) is 16.9 Å². The van der Waals surface area contributed by atoms with Gasteiger partial charge in [-0.25, -0.2) is 4.98 Å². The first-order valence-electron chi connectivity index (χ1n) is 9.75. The lowest BCUT2D eigenvalue weighted by molar-refractivity contribution is 0.832. The highest BCUT2D eigenvalue weighted by atomic mass is 16.1. The lowest BCUT2D eigenvalue weighted by atomic mass is 10.0. The van der Waals surface area contributed by atoms with Crippen LogP contribution in [-0.2, 0) is 13.0 Å². The van der Waals surface area contributed by atoms with E-state index < -0.39 is 0 Å². The fraction of sp³-hybridized carbons (Fsp3) is 0.261. The number of nitrogens with one attached hydrogen (secondary N) is 2. The summed E-state index contributed by atoms with van der Waals surface area (Å²) in [5, 5.41) is 6.52. The number of rotatable bonds is 5. The van der Waals surface area contributed by atoms with E-state index in [1.54, 1.807) is 0 Å². The van der Waals surface area contributed by atoms with E-state index in [1.165, 1.54) is 21.2 Å². The fourth-order valence-corrected chi connectivity index (χ4v) is 3.56. The number of para-hydroxylation sites is 1. The number of aromatic amines is 1. The Hall–Kier alpha value is -3.41. The average molecular weight is 387 g/mol. The van der Waals surface area contributed by atoms with Crippen molar-refractivity contribution in [2.24, 2.45) is 0 Å². The summed E-state index contributed by atoms with van der Waals surface area (Å²) in [6.45, 7) is 8.55. The normalized spacial score (nSPS) is 11.2. The maximum Gasteiger partial charge on any atom is 0.277 e. The molecule has 0 aliphatic heterocycles. The summed E-state index contributed by atoms with van der Waals surface area (Å²) in [5.41, 5.74) is 7.03. The predicted molar refractivity (Wildman–Crippen MR) is 116 cm³/mol. The minimum Gasteiger partial charge on any atom is -0.377 e. The summed E-state index contributed by atoms with van der Waals surface area (Å²) in [4.78, 5) is 22.1. The zero-order valence-electron chi connectivity index (χ0n) is 17.2. The summed E-state index contributed by atoms with van der Waals surface area (Å²) < 4.78 is 1.44. The fourth-order valence-electron chi connectivity index (χ4n) is 3.56. The van der Waals surface area contributed by atoms with Crippen molar-refractivity contribution in [3.63, 3.8) is 0 Å². The second-order valence-electron chi connectivity index (χ2n) is 7.57. The minimum absolute atomic E-state index is 0.0982. The number of hydrogen-bond donors (Lipinski definition) is 2. The highest BCUT2D eigenvalue weighted by Gasteiger charge is 2.14. The zero-order valence-corrected chi connectivity index (χ0v) is 17.2. The maximum atomic E-state index is 13.0. The molecule has 0 aliphatic carbocycles. The van der Waals surface area contributed by atoms with Crippen LogP contribution in [0.2, 0.25) is 0 Å². The molecule has 4 aromatic rings. The number of nitrogens with zero attached hydrogens (tertiary/aromatic N) is 3. The molecule has 0 unspecified atom stereocenters. The molecule has 0 atom stereocenters. The molecule has 2 N–H and O–H groups in total. The van der Waals surface area contributed by atoms with Gasteiger partial charge in [-0.15, -0.1) is 0 Å². The Kier molecular flexibility index (Phi) is 4.92. The van der Waals surface area contributed by atoms with Crippen LogP contribution >= 0.6 is 0 Å². The molecule has 0 amide bonds. The van der Waals surface area contributed by atoms with Crippen molar-refractivity contribution in [1.29, 1.82) is 0 Å². The molecule has 6 heteroatoms. The highest BCUT2D eigenvalue weighted by Crippen LogP contribution is 2.20. The molecule has 2 aromatic carbocycles. The van der Waals surface area contributed by atoms with Gasteiger partial charge in [-0.1, -0.05) is 48.0 Å². The summed E-state index contributed by atoms with van der Waals surface area (Å²) in [5.74, 6) is 1.07. The number of anilines is 1. The van der Waals surface area contributed by atoms with Gasteiger partial charge in [-0.3, -0.25) is 9.89 Å². The average Bonchev–Trinajstić information content (AvgIpc) is 3.09. The van der Waals surface area contributed by atoms with Gasteiger partial charge in [0.1, 0.15) is 5.82 Å². The van der Waals surface area contributed by atoms with Crippen LogP contribution in [0.1, 0.15) is 39.3 Å². The van der Waals surface area contributed by atoms with Crippen molar-refractivity contribution in [3.8, 4) is 0 Å². The monoisotopic (exact) mass is 387 g/mol. The molecule has 4 rings (SSSR count). The Bertz CT molecular complexity index is 1210. The standard InChI is InChI=1S/C23H25N5O/c1-14-8-10-18(11-9-14)12-19-17(4)25-23-26-20(27-28(23)22(19)29)13-24-21-15(2)6-5-7-16(21)3/h5-11,24H,12-13H2,1-4H3,(H,25,26,27). The quantitative estimate of drug-likeness (QED) is 0.545. The molecule has 2 heterocycles. The Labute approximate surface area is 169 Å². The first kappa shape index (κ1) is 18.9. The molecule has 0 saturated heterocycles. The number of benzene rings is 2. The van der Waals surface area contributed by atoms with Gasteiger partial charge < -0.3 is 5.32 Å². The van der Waals surface area contributed by atoms with Crippen LogP contribution < -0.4 is 10.9 Å². The SMILES string of the molecule is Cc1ccc(Cc2c(C)nc3nc(CNc4c(C)cccc4C)[nH]n3c2=O)cc1. The number of aromatic nitrogens is 4. The van der Waals surface area contributed by atoms with Crippen LogP contribution in [0.25, 0.3) is 5.78 Å².